The number of nitrogens with zero attached hydrogens (tertiary/aromatic N) is 1. The van der Waals surface area contributed by atoms with Gasteiger partial charge in [-0.05, 0) is 27.8 Å². The topological polar surface area (TPSA) is 29.5 Å². The second kappa shape index (κ2) is 2.57. The van der Waals surface area contributed by atoms with Gasteiger partial charge in [0.15, 0.2) is 0 Å². The smallest absolute Gasteiger partial charge is 0.139 e. The molecule has 3 heteroatoms. The number of carbonyl (C=O) groups is 1. The lowest BCUT2D eigenvalue weighted by molar-refractivity contribution is -0.112. The zero-order valence-corrected chi connectivity index (χ0v) is 7.50. The van der Waals surface area contributed by atoms with Gasteiger partial charge in [-0.2, -0.15) is 0 Å². The molecule has 0 bridgehead atoms. The van der Waals surface area contributed by atoms with E-state index in [4.69, 9.17) is 4.74 Å². The van der Waals surface area contributed by atoms with E-state index in [1.54, 1.807) is 0 Å². The summed E-state index contributed by atoms with van der Waals surface area (Å²) in [6.07, 6.45) is 0.951. The second-order valence-electron chi connectivity index (χ2n) is 3.51. The predicted octanol–water partition coefficient (Wildman–Crippen LogP) is 0.640. The summed E-state index contributed by atoms with van der Waals surface area (Å²) < 4.78 is 5.56. The van der Waals surface area contributed by atoms with Crippen molar-refractivity contribution < 1.29 is 9.53 Å². The van der Waals surface area contributed by atoms with E-state index in [1.807, 2.05) is 32.7 Å². The van der Waals surface area contributed by atoms with Gasteiger partial charge in [0.2, 0.25) is 0 Å². The molecule has 0 aromatic heterocycles. The average Bonchev–Trinajstić information content (AvgIpc) is 2.04. The normalized spacial score (nSPS) is 37.5. The summed E-state index contributed by atoms with van der Waals surface area (Å²) in [6, 6.07) is -0.0926. The molecule has 1 saturated heterocycles. The molecule has 0 saturated carbocycles. The summed E-state index contributed by atoms with van der Waals surface area (Å²) >= 11 is 0. The maximum Gasteiger partial charge on any atom is 0.139 e. The van der Waals surface area contributed by atoms with Crippen LogP contribution in [0.2, 0.25) is 0 Å². The lowest BCUT2D eigenvalue weighted by Gasteiger charge is -2.27. The number of likely N-dealkylation sites (N-methyl/N-ethyl adjacent to an activating group) is 1. The standard InChI is InChI=1S/C8H15NO2/c1-6-7(5-10)9(4)8(2,3)11-6/h5-7H,1-4H3/t6-,7+/m1/s1. The summed E-state index contributed by atoms with van der Waals surface area (Å²) in [5.41, 5.74) is -0.301. The van der Waals surface area contributed by atoms with E-state index < -0.39 is 0 Å². The van der Waals surface area contributed by atoms with Gasteiger partial charge in [0, 0.05) is 0 Å². The quantitative estimate of drug-likeness (QED) is 0.523. The first-order valence-electron chi connectivity index (χ1n) is 3.85. The van der Waals surface area contributed by atoms with Crippen molar-refractivity contribution in [2.75, 3.05) is 7.05 Å². The van der Waals surface area contributed by atoms with Gasteiger partial charge in [0.1, 0.15) is 12.0 Å². The molecular formula is C8H15NO2. The lowest BCUT2D eigenvalue weighted by atomic mass is 10.2. The van der Waals surface area contributed by atoms with Gasteiger partial charge in [-0.15, -0.1) is 0 Å². The molecule has 0 radical (unpaired) electrons. The lowest BCUT2D eigenvalue weighted by Crippen LogP contribution is -2.41. The number of hydrogen-bond acceptors (Lipinski definition) is 3. The highest BCUT2D eigenvalue weighted by Gasteiger charge is 2.42. The molecule has 1 rings (SSSR count). The second-order valence-corrected chi connectivity index (χ2v) is 3.51. The minimum Gasteiger partial charge on any atom is -0.356 e. The Labute approximate surface area is 67.3 Å². The first kappa shape index (κ1) is 8.68. The van der Waals surface area contributed by atoms with E-state index >= 15 is 0 Å². The summed E-state index contributed by atoms with van der Waals surface area (Å²) in [5.74, 6) is 0. The Morgan fingerprint density at radius 3 is 2.27 bits per heavy atom. The number of carbonyl (C=O) groups excluding carboxylic acids is 1. The predicted molar refractivity (Wildman–Crippen MR) is 42.2 cm³/mol. The Balaban J connectivity index is 2.79. The molecule has 0 unspecified atom stereocenters. The van der Waals surface area contributed by atoms with Crippen molar-refractivity contribution in [3.8, 4) is 0 Å². The highest BCUT2D eigenvalue weighted by Crippen LogP contribution is 2.28. The monoisotopic (exact) mass is 157 g/mol. The largest absolute Gasteiger partial charge is 0.356 e. The molecule has 0 amide bonds. The minimum atomic E-state index is -0.301. The Bertz CT molecular complexity index is 167. The van der Waals surface area contributed by atoms with Crippen LogP contribution < -0.4 is 0 Å². The van der Waals surface area contributed by atoms with Crippen molar-refractivity contribution in [1.29, 1.82) is 0 Å². The SMILES string of the molecule is C[C@H]1OC(C)(C)N(C)[C@H]1C=O. The third-order valence-corrected chi connectivity index (χ3v) is 2.39. The Kier molecular flexibility index (Phi) is 2.03. The summed E-state index contributed by atoms with van der Waals surface area (Å²) in [5, 5.41) is 0. The maximum atomic E-state index is 10.6. The minimum absolute atomic E-state index is 0.00694. The van der Waals surface area contributed by atoms with Crippen LogP contribution in [-0.2, 0) is 9.53 Å². The molecule has 1 aliphatic rings. The van der Waals surface area contributed by atoms with Gasteiger partial charge >= 0.3 is 0 Å². The first-order valence-corrected chi connectivity index (χ1v) is 3.85. The highest BCUT2D eigenvalue weighted by molar-refractivity contribution is 5.59. The van der Waals surface area contributed by atoms with Crippen LogP contribution in [0.25, 0.3) is 0 Å². The van der Waals surface area contributed by atoms with E-state index in [0.29, 0.717) is 0 Å². The fourth-order valence-electron chi connectivity index (χ4n) is 1.48. The first-order chi connectivity index (χ1) is 4.99. The Hall–Kier alpha value is -0.410. The Morgan fingerprint density at radius 2 is 2.09 bits per heavy atom. The molecule has 0 spiro atoms. The van der Waals surface area contributed by atoms with Crippen LogP contribution in [0.3, 0.4) is 0 Å². The zero-order valence-electron chi connectivity index (χ0n) is 7.50. The maximum absolute atomic E-state index is 10.6. The molecule has 11 heavy (non-hydrogen) atoms. The number of rotatable bonds is 1. The van der Waals surface area contributed by atoms with Crippen molar-refractivity contribution in [3.05, 3.63) is 0 Å². The molecule has 1 fully saturated rings. The fraction of sp³-hybridized carbons (Fsp3) is 0.875. The number of aldehydes is 1. The number of hydrogen-bond donors (Lipinski definition) is 0. The highest BCUT2D eigenvalue weighted by atomic mass is 16.5. The molecule has 0 N–H and O–H groups in total. The molecule has 0 aliphatic carbocycles. The molecule has 64 valence electrons. The van der Waals surface area contributed by atoms with Gasteiger partial charge in [-0.1, -0.05) is 0 Å². The van der Waals surface area contributed by atoms with Crippen molar-refractivity contribution in [2.24, 2.45) is 0 Å². The average molecular weight is 157 g/mol. The summed E-state index contributed by atoms with van der Waals surface area (Å²) in [6.45, 7) is 5.85. The van der Waals surface area contributed by atoms with Crippen LogP contribution >= 0.6 is 0 Å². The van der Waals surface area contributed by atoms with E-state index in [-0.39, 0.29) is 17.9 Å². The van der Waals surface area contributed by atoms with Crippen LogP contribution in [-0.4, -0.2) is 36.1 Å². The van der Waals surface area contributed by atoms with Gasteiger partial charge < -0.3 is 9.53 Å². The van der Waals surface area contributed by atoms with Gasteiger partial charge in [0.25, 0.3) is 0 Å². The Morgan fingerprint density at radius 1 is 1.55 bits per heavy atom. The van der Waals surface area contributed by atoms with Gasteiger partial charge in [0.05, 0.1) is 12.1 Å². The van der Waals surface area contributed by atoms with Crippen LogP contribution in [0.4, 0.5) is 0 Å². The van der Waals surface area contributed by atoms with E-state index in [0.717, 1.165) is 6.29 Å². The van der Waals surface area contributed by atoms with Crippen molar-refractivity contribution in [2.45, 2.75) is 38.6 Å². The van der Waals surface area contributed by atoms with Crippen molar-refractivity contribution in [3.63, 3.8) is 0 Å². The molecule has 1 aliphatic heterocycles. The van der Waals surface area contributed by atoms with Gasteiger partial charge in [-0.3, -0.25) is 4.90 Å². The van der Waals surface area contributed by atoms with Crippen LogP contribution in [0, 0.1) is 0 Å². The molecule has 1 heterocycles. The van der Waals surface area contributed by atoms with Crippen molar-refractivity contribution >= 4 is 6.29 Å². The summed E-state index contributed by atoms with van der Waals surface area (Å²) in [7, 11) is 1.91. The molecule has 0 aromatic carbocycles. The third kappa shape index (κ3) is 1.30. The van der Waals surface area contributed by atoms with Crippen molar-refractivity contribution in [1.82, 2.24) is 4.90 Å². The van der Waals surface area contributed by atoms with Crippen LogP contribution in [0.5, 0.6) is 0 Å². The van der Waals surface area contributed by atoms with Crippen LogP contribution in [0.1, 0.15) is 20.8 Å². The fourth-order valence-corrected chi connectivity index (χ4v) is 1.48. The van der Waals surface area contributed by atoms with E-state index in [2.05, 4.69) is 0 Å². The third-order valence-electron chi connectivity index (χ3n) is 2.39. The zero-order chi connectivity index (χ0) is 8.65. The van der Waals surface area contributed by atoms with Crippen LogP contribution in [0.15, 0.2) is 0 Å². The molecule has 0 aromatic rings. The summed E-state index contributed by atoms with van der Waals surface area (Å²) in [4.78, 5) is 12.5. The molecular weight excluding hydrogens is 142 g/mol. The number of ether oxygens (including phenoxy) is 1. The van der Waals surface area contributed by atoms with E-state index in [1.165, 1.54) is 0 Å². The molecule has 3 nitrogen and oxygen atoms in total. The van der Waals surface area contributed by atoms with E-state index in [9.17, 15) is 4.79 Å². The van der Waals surface area contributed by atoms with Gasteiger partial charge in [-0.25, -0.2) is 0 Å². The molecule has 2 atom stereocenters.